The number of aromatic nitrogens is 1. The molecule has 44 heavy (non-hydrogen) atoms. The highest BCUT2D eigenvalue weighted by Crippen LogP contribution is 2.42. The van der Waals surface area contributed by atoms with Crippen molar-refractivity contribution in [3.8, 4) is 22.4 Å². The number of carbonyl (C=O) groups excluding carboxylic acids is 2. The van der Waals surface area contributed by atoms with Crippen LogP contribution in [0.4, 0.5) is 10.1 Å². The van der Waals surface area contributed by atoms with Gasteiger partial charge in [-0.3, -0.25) is 9.59 Å². The van der Waals surface area contributed by atoms with E-state index in [9.17, 15) is 24.2 Å². The van der Waals surface area contributed by atoms with E-state index < -0.39 is 18.2 Å². The maximum Gasteiger partial charge on any atom is 0.308 e. The van der Waals surface area contributed by atoms with E-state index in [0.29, 0.717) is 23.4 Å². The maximum atomic E-state index is 14.1. The van der Waals surface area contributed by atoms with Crippen molar-refractivity contribution in [3.63, 3.8) is 0 Å². The number of aliphatic hydroxyl groups excluding tert-OH is 2. The van der Waals surface area contributed by atoms with Gasteiger partial charge in [0.2, 0.25) is 0 Å². The molecule has 0 bridgehead atoms. The Labute approximate surface area is 258 Å². The number of amides is 1. The second-order valence-corrected chi connectivity index (χ2v) is 11.6. The van der Waals surface area contributed by atoms with Crippen LogP contribution in [-0.2, 0) is 16.1 Å². The first-order chi connectivity index (χ1) is 21.0. The van der Waals surface area contributed by atoms with Crippen LogP contribution in [0.5, 0.6) is 0 Å². The summed E-state index contributed by atoms with van der Waals surface area (Å²) in [4.78, 5) is 26.1. The molecule has 8 heteroatoms. The summed E-state index contributed by atoms with van der Waals surface area (Å²) in [6, 6.07) is 25.0. The molecule has 0 fully saturated rings. The van der Waals surface area contributed by atoms with Crippen molar-refractivity contribution < 1.29 is 28.9 Å². The smallest absolute Gasteiger partial charge is 0.308 e. The number of nitrogens with zero attached hydrogens (tertiary/aromatic N) is 1. The average molecular weight is 601 g/mol. The minimum atomic E-state index is -1.06. The predicted octanol–water partition coefficient (Wildman–Crippen LogP) is 7.18. The third kappa shape index (κ3) is 8.21. The van der Waals surface area contributed by atoms with Gasteiger partial charge in [0.15, 0.2) is 0 Å². The van der Waals surface area contributed by atoms with Crippen LogP contribution < -0.4 is 5.32 Å². The Bertz CT molecular complexity index is 1530. The van der Waals surface area contributed by atoms with Gasteiger partial charge in [0.1, 0.15) is 5.82 Å². The minimum absolute atomic E-state index is 0.00967. The number of anilines is 1. The molecular weight excluding hydrogens is 559 g/mol. The number of aliphatic hydroxyl groups is 2. The topological polar surface area (TPSA) is 101 Å². The number of hydrogen-bond donors (Lipinski definition) is 3. The fourth-order valence-electron chi connectivity index (χ4n) is 5.50. The van der Waals surface area contributed by atoms with Gasteiger partial charge in [-0.15, -0.1) is 0 Å². The Balaban J connectivity index is 1.80. The number of halogens is 1. The Morgan fingerprint density at radius 1 is 0.841 bits per heavy atom. The van der Waals surface area contributed by atoms with Gasteiger partial charge in [0.25, 0.3) is 5.91 Å². The Morgan fingerprint density at radius 2 is 1.45 bits per heavy atom. The molecule has 0 aliphatic heterocycles. The molecule has 3 N–H and O–H groups in total. The van der Waals surface area contributed by atoms with Crippen LogP contribution in [0.25, 0.3) is 22.4 Å². The van der Waals surface area contributed by atoms with E-state index in [-0.39, 0.29) is 43.0 Å². The van der Waals surface area contributed by atoms with Crippen LogP contribution in [-0.4, -0.2) is 45.0 Å². The fraction of sp³-hybridized carbons (Fsp3) is 0.333. The second-order valence-electron chi connectivity index (χ2n) is 11.6. The Hall–Kier alpha value is -4.27. The van der Waals surface area contributed by atoms with Gasteiger partial charge in [-0.1, -0.05) is 62.4 Å². The zero-order valence-electron chi connectivity index (χ0n) is 25.7. The van der Waals surface area contributed by atoms with Gasteiger partial charge in [0, 0.05) is 23.5 Å². The number of hydrogen-bond acceptors (Lipinski definition) is 5. The van der Waals surface area contributed by atoms with Gasteiger partial charge in [0.05, 0.1) is 36.0 Å². The maximum absolute atomic E-state index is 14.1. The van der Waals surface area contributed by atoms with Gasteiger partial charge in [-0.25, -0.2) is 4.39 Å². The first kappa shape index (κ1) is 32.6. The molecule has 0 saturated heterocycles. The minimum Gasteiger partial charge on any atom is -0.463 e. The van der Waals surface area contributed by atoms with Gasteiger partial charge in [-0.2, -0.15) is 0 Å². The number of rotatable bonds is 13. The molecular formula is C36H41FN2O5. The van der Waals surface area contributed by atoms with Crippen molar-refractivity contribution in [2.24, 2.45) is 0 Å². The van der Waals surface area contributed by atoms with Crippen molar-refractivity contribution in [2.75, 3.05) is 5.32 Å². The summed E-state index contributed by atoms with van der Waals surface area (Å²) >= 11 is 0. The fourth-order valence-corrected chi connectivity index (χ4v) is 5.50. The molecule has 0 spiro atoms. The van der Waals surface area contributed by atoms with E-state index >= 15 is 0 Å². The van der Waals surface area contributed by atoms with E-state index in [1.807, 2.05) is 79.1 Å². The van der Waals surface area contributed by atoms with E-state index in [1.165, 1.54) is 12.1 Å². The van der Waals surface area contributed by atoms with Crippen molar-refractivity contribution in [1.82, 2.24) is 4.57 Å². The van der Waals surface area contributed by atoms with Crippen LogP contribution in [0, 0.1) is 5.82 Å². The highest BCUT2D eigenvalue weighted by atomic mass is 19.1. The average Bonchev–Trinajstić information content (AvgIpc) is 3.32. The monoisotopic (exact) mass is 600 g/mol. The van der Waals surface area contributed by atoms with Crippen LogP contribution in [0.1, 0.15) is 68.9 Å². The molecule has 0 aliphatic carbocycles. The first-order valence-corrected chi connectivity index (χ1v) is 15.0. The lowest BCUT2D eigenvalue weighted by Crippen LogP contribution is -2.24. The lowest BCUT2D eigenvalue weighted by Gasteiger charge is -2.20. The summed E-state index contributed by atoms with van der Waals surface area (Å²) in [6.45, 7) is 7.80. The predicted molar refractivity (Wildman–Crippen MR) is 171 cm³/mol. The van der Waals surface area contributed by atoms with Crippen molar-refractivity contribution in [3.05, 3.63) is 102 Å². The normalized spacial score (nSPS) is 12.8. The molecule has 0 radical (unpaired) electrons. The number of esters is 1. The van der Waals surface area contributed by atoms with Crippen LogP contribution in [0.2, 0.25) is 0 Å². The van der Waals surface area contributed by atoms with Crippen LogP contribution in [0.15, 0.2) is 84.9 Å². The summed E-state index contributed by atoms with van der Waals surface area (Å²) in [6.07, 6.45) is -2.26. The number of benzene rings is 3. The molecule has 0 unspecified atom stereocenters. The quantitative estimate of drug-likeness (QED) is 0.141. The molecule has 1 amide bonds. The number of nitrogens with one attached hydrogen (secondary N) is 1. The highest BCUT2D eigenvalue weighted by Gasteiger charge is 2.31. The molecule has 7 nitrogen and oxygen atoms in total. The molecule has 4 rings (SSSR count). The summed E-state index contributed by atoms with van der Waals surface area (Å²) in [7, 11) is 0. The molecule has 1 aromatic heterocycles. The van der Waals surface area contributed by atoms with Gasteiger partial charge in [-0.05, 0) is 80.1 Å². The molecule has 0 aliphatic rings. The Kier molecular flexibility index (Phi) is 11.1. The van der Waals surface area contributed by atoms with Crippen molar-refractivity contribution in [2.45, 2.75) is 77.7 Å². The molecule has 1 heterocycles. The molecule has 2 atom stereocenters. The summed E-state index contributed by atoms with van der Waals surface area (Å²) in [5.41, 5.74) is 4.90. The zero-order chi connectivity index (χ0) is 31.8. The summed E-state index contributed by atoms with van der Waals surface area (Å²) < 4.78 is 21.2. The van der Waals surface area contributed by atoms with E-state index in [4.69, 9.17) is 4.74 Å². The Morgan fingerprint density at radius 3 is 2.05 bits per heavy atom. The molecule has 0 saturated carbocycles. The lowest BCUT2D eigenvalue weighted by atomic mass is 9.94. The van der Waals surface area contributed by atoms with Gasteiger partial charge < -0.3 is 24.8 Å². The van der Waals surface area contributed by atoms with Crippen LogP contribution in [0.3, 0.4) is 0 Å². The number of carbonyl (C=O) groups is 2. The zero-order valence-corrected chi connectivity index (χ0v) is 25.7. The SMILES string of the molecule is CC(C)OC(=O)C[C@H](O)C[C@H](O)CCn1c(-c2ccc(F)cc2)c(-c2ccccc2)c(C(=O)Nc2ccccc2)c1C(C)C. The third-order valence-electron chi connectivity index (χ3n) is 7.29. The summed E-state index contributed by atoms with van der Waals surface area (Å²) in [5.74, 6) is -1.27. The molecule has 232 valence electrons. The second kappa shape index (κ2) is 14.9. The highest BCUT2D eigenvalue weighted by molar-refractivity contribution is 6.12. The van der Waals surface area contributed by atoms with Gasteiger partial charge >= 0.3 is 5.97 Å². The van der Waals surface area contributed by atoms with Crippen molar-refractivity contribution in [1.29, 1.82) is 0 Å². The molecule has 4 aromatic rings. The van der Waals surface area contributed by atoms with E-state index in [2.05, 4.69) is 5.32 Å². The molecule has 3 aromatic carbocycles. The first-order valence-electron chi connectivity index (χ1n) is 15.0. The standard InChI is InChI=1S/C36H41FN2O5/c1-23(2)34-33(36(43)38-28-13-9-6-10-14-28)32(25-11-7-5-8-12-25)35(26-15-17-27(37)18-16-26)39(34)20-19-29(40)21-30(41)22-31(42)44-24(3)4/h5-18,23-24,29-30,40-41H,19-22H2,1-4H3,(H,38,43)/t29-,30-/m1/s1. The van der Waals surface area contributed by atoms with E-state index in [0.717, 1.165) is 22.5 Å². The largest absolute Gasteiger partial charge is 0.463 e. The number of para-hydroxylation sites is 1. The number of ether oxygens (including phenoxy) is 1. The van der Waals surface area contributed by atoms with E-state index in [1.54, 1.807) is 26.0 Å². The lowest BCUT2D eigenvalue weighted by molar-refractivity contribution is -0.149. The van der Waals surface area contributed by atoms with Crippen molar-refractivity contribution >= 4 is 17.6 Å². The van der Waals surface area contributed by atoms with Crippen LogP contribution >= 0.6 is 0 Å². The third-order valence-corrected chi connectivity index (χ3v) is 7.29. The summed E-state index contributed by atoms with van der Waals surface area (Å²) in [5, 5.41) is 24.4.